The molecule has 0 aromatic heterocycles. The second kappa shape index (κ2) is 10.6. The molecule has 0 amide bonds. The number of alkyl halides is 1. The number of ether oxygens (including phenoxy) is 2. The van der Waals surface area contributed by atoms with E-state index in [1.807, 2.05) is 11.8 Å². The van der Waals surface area contributed by atoms with E-state index in [-0.39, 0.29) is 0 Å². The standard InChI is InChI=1S/C7H15ClO2S/c1-9-4-6-11-7-5-10-3-2-8/h2-7H2,1H3. The fourth-order valence-electron chi connectivity index (χ4n) is 0.519. The van der Waals surface area contributed by atoms with Gasteiger partial charge in [-0.1, -0.05) is 0 Å². The van der Waals surface area contributed by atoms with Crippen LogP contribution in [0.3, 0.4) is 0 Å². The molecule has 0 saturated heterocycles. The number of rotatable bonds is 8. The Labute approximate surface area is 77.6 Å². The quantitative estimate of drug-likeness (QED) is 0.436. The maximum absolute atomic E-state index is 5.41. The molecule has 0 aliphatic carbocycles. The van der Waals surface area contributed by atoms with E-state index in [1.54, 1.807) is 7.11 Å². The SMILES string of the molecule is COCCSCCOCCCl. The molecule has 0 aliphatic heterocycles. The second-order valence-corrected chi connectivity index (χ2v) is 3.51. The molecule has 0 N–H and O–H groups in total. The Morgan fingerprint density at radius 3 is 2.55 bits per heavy atom. The third-order valence-electron chi connectivity index (χ3n) is 1.03. The molecule has 0 heterocycles. The third kappa shape index (κ3) is 10.6. The highest BCUT2D eigenvalue weighted by molar-refractivity contribution is 7.99. The van der Waals surface area contributed by atoms with Crippen LogP contribution in [-0.4, -0.2) is 44.3 Å². The average Bonchev–Trinajstić information content (AvgIpc) is 2.03. The fourth-order valence-corrected chi connectivity index (χ4v) is 1.35. The highest BCUT2D eigenvalue weighted by Crippen LogP contribution is 1.98. The van der Waals surface area contributed by atoms with Crippen LogP contribution in [0.5, 0.6) is 0 Å². The molecule has 0 aliphatic rings. The van der Waals surface area contributed by atoms with Crippen molar-refractivity contribution in [2.24, 2.45) is 0 Å². The molecule has 0 unspecified atom stereocenters. The Hall–Kier alpha value is 0.560. The minimum absolute atomic E-state index is 0.586. The van der Waals surface area contributed by atoms with Crippen LogP contribution in [0.25, 0.3) is 0 Å². The van der Waals surface area contributed by atoms with E-state index < -0.39 is 0 Å². The summed E-state index contributed by atoms with van der Waals surface area (Å²) in [7, 11) is 1.71. The molecular weight excluding hydrogens is 184 g/mol. The molecule has 0 rings (SSSR count). The predicted octanol–water partition coefficient (Wildman–Crippen LogP) is 1.62. The highest BCUT2D eigenvalue weighted by atomic mass is 35.5. The number of halogens is 1. The van der Waals surface area contributed by atoms with Gasteiger partial charge in [-0.3, -0.25) is 0 Å². The fraction of sp³-hybridized carbons (Fsp3) is 1.00. The maximum Gasteiger partial charge on any atom is 0.0602 e. The van der Waals surface area contributed by atoms with Gasteiger partial charge < -0.3 is 9.47 Å². The topological polar surface area (TPSA) is 18.5 Å². The Balaban J connectivity index is 2.69. The summed E-state index contributed by atoms with van der Waals surface area (Å²) in [6.45, 7) is 2.27. The monoisotopic (exact) mass is 198 g/mol. The van der Waals surface area contributed by atoms with Gasteiger partial charge in [0.1, 0.15) is 0 Å². The van der Waals surface area contributed by atoms with Crippen molar-refractivity contribution in [3.05, 3.63) is 0 Å². The summed E-state index contributed by atoms with van der Waals surface area (Å²) in [5.74, 6) is 2.66. The zero-order valence-corrected chi connectivity index (χ0v) is 8.42. The molecular formula is C7H15ClO2S. The van der Waals surface area contributed by atoms with Gasteiger partial charge in [0.2, 0.25) is 0 Å². The molecule has 0 radical (unpaired) electrons. The Morgan fingerprint density at radius 1 is 1.18 bits per heavy atom. The Bertz CT molecular complexity index is 65.5. The van der Waals surface area contributed by atoms with Crippen molar-refractivity contribution in [3.8, 4) is 0 Å². The summed E-state index contributed by atoms with van der Waals surface area (Å²) in [4.78, 5) is 0. The van der Waals surface area contributed by atoms with E-state index in [1.165, 1.54) is 0 Å². The van der Waals surface area contributed by atoms with Crippen LogP contribution in [0.15, 0.2) is 0 Å². The van der Waals surface area contributed by atoms with Gasteiger partial charge in [-0.2, -0.15) is 11.8 Å². The minimum atomic E-state index is 0.586. The predicted molar refractivity (Wildman–Crippen MR) is 50.7 cm³/mol. The first kappa shape index (κ1) is 11.6. The van der Waals surface area contributed by atoms with Crippen molar-refractivity contribution >= 4 is 23.4 Å². The van der Waals surface area contributed by atoms with Crippen LogP contribution in [0.4, 0.5) is 0 Å². The van der Waals surface area contributed by atoms with E-state index in [4.69, 9.17) is 21.1 Å². The first-order valence-corrected chi connectivity index (χ1v) is 5.31. The molecule has 0 atom stereocenters. The van der Waals surface area contributed by atoms with E-state index in [9.17, 15) is 0 Å². The average molecular weight is 199 g/mol. The van der Waals surface area contributed by atoms with Crippen molar-refractivity contribution < 1.29 is 9.47 Å². The van der Waals surface area contributed by atoms with E-state index in [0.29, 0.717) is 12.5 Å². The number of thioether (sulfide) groups is 1. The van der Waals surface area contributed by atoms with Gasteiger partial charge in [-0.25, -0.2) is 0 Å². The van der Waals surface area contributed by atoms with Gasteiger partial charge in [0.25, 0.3) is 0 Å². The van der Waals surface area contributed by atoms with E-state index >= 15 is 0 Å². The minimum Gasteiger partial charge on any atom is -0.384 e. The summed E-state index contributed by atoms with van der Waals surface area (Å²) >= 11 is 7.25. The van der Waals surface area contributed by atoms with Crippen LogP contribution >= 0.6 is 23.4 Å². The number of hydrogen-bond donors (Lipinski definition) is 0. The van der Waals surface area contributed by atoms with Crippen molar-refractivity contribution in [3.63, 3.8) is 0 Å². The van der Waals surface area contributed by atoms with Crippen LogP contribution in [0, 0.1) is 0 Å². The lowest BCUT2D eigenvalue weighted by Gasteiger charge is -2.01. The molecule has 11 heavy (non-hydrogen) atoms. The molecule has 2 nitrogen and oxygen atoms in total. The van der Waals surface area contributed by atoms with E-state index in [0.717, 1.165) is 24.7 Å². The van der Waals surface area contributed by atoms with Gasteiger partial charge in [0.05, 0.1) is 19.8 Å². The first-order valence-electron chi connectivity index (χ1n) is 3.62. The summed E-state index contributed by atoms with van der Waals surface area (Å²) < 4.78 is 10.1. The second-order valence-electron chi connectivity index (χ2n) is 1.91. The van der Waals surface area contributed by atoms with Crippen LogP contribution < -0.4 is 0 Å². The third-order valence-corrected chi connectivity index (χ3v) is 2.09. The van der Waals surface area contributed by atoms with Gasteiger partial charge >= 0.3 is 0 Å². The van der Waals surface area contributed by atoms with Crippen molar-refractivity contribution in [1.29, 1.82) is 0 Å². The largest absolute Gasteiger partial charge is 0.384 e. The Kier molecular flexibility index (Phi) is 11.1. The van der Waals surface area contributed by atoms with Gasteiger partial charge in [0.15, 0.2) is 0 Å². The molecule has 68 valence electrons. The zero-order valence-electron chi connectivity index (χ0n) is 6.85. The molecule has 0 aromatic rings. The summed E-state index contributed by atoms with van der Waals surface area (Å²) in [6.07, 6.45) is 0. The highest BCUT2D eigenvalue weighted by Gasteiger charge is 1.88. The Morgan fingerprint density at radius 2 is 1.91 bits per heavy atom. The summed E-state index contributed by atoms with van der Waals surface area (Å²) in [5, 5.41) is 0. The normalized spacial score (nSPS) is 10.4. The molecule has 0 saturated carbocycles. The number of hydrogen-bond acceptors (Lipinski definition) is 3. The van der Waals surface area contributed by atoms with Crippen molar-refractivity contribution in [2.45, 2.75) is 0 Å². The van der Waals surface area contributed by atoms with Gasteiger partial charge in [0, 0.05) is 24.5 Å². The molecule has 0 fully saturated rings. The maximum atomic E-state index is 5.41. The molecule has 0 spiro atoms. The van der Waals surface area contributed by atoms with Crippen LogP contribution in [-0.2, 0) is 9.47 Å². The van der Waals surface area contributed by atoms with Crippen molar-refractivity contribution in [2.75, 3.05) is 44.3 Å². The van der Waals surface area contributed by atoms with E-state index in [2.05, 4.69) is 0 Å². The van der Waals surface area contributed by atoms with Crippen LogP contribution in [0.1, 0.15) is 0 Å². The molecule has 0 bridgehead atoms. The van der Waals surface area contributed by atoms with Gasteiger partial charge in [-0.05, 0) is 0 Å². The molecule has 4 heteroatoms. The zero-order chi connectivity index (χ0) is 8.36. The lowest BCUT2D eigenvalue weighted by atomic mass is 10.8. The van der Waals surface area contributed by atoms with Crippen LogP contribution in [0.2, 0.25) is 0 Å². The van der Waals surface area contributed by atoms with Crippen molar-refractivity contribution in [1.82, 2.24) is 0 Å². The number of methoxy groups -OCH3 is 1. The lowest BCUT2D eigenvalue weighted by molar-refractivity contribution is 0.166. The van der Waals surface area contributed by atoms with Gasteiger partial charge in [-0.15, -0.1) is 11.6 Å². The first-order chi connectivity index (χ1) is 5.41. The lowest BCUT2D eigenvalue weighted by Crippen LogP contribution is -2.01. The summed E-state index contributed by atoms with van der Waals surface area (Å²) in [5.41, 5.74) is 0. The molecule has 0 aromatic carbocycles. The smallest absolute Gasteiger partial charge is 0.0602 e. The summed E-state index contributed by atoms with van der Waals surface area (Å²) in [6, 6.07) is 0.